The van der Waals surface area contributed by atoms with Crippen LogP contribution in [0.3, 0.4) is 0 Å². The molecule has 1 unspecified atom stereocenters. The van der Waals surface area contributed by atoms with Crippen molar-refractivity contribution in [1.29, 1.82) is 0 Å². The van der Waals surface area contributed by atoms with Gasteiger partial charge in [-0.05, 0) is 46.2 Å². The van der Waals surface area contributed by atoms with Crippen molar-refractivity contribution in [3.63, 3.8) is 0 Å². The molecule has 1 atom stereocenters. The van der Waals surface area contributed by atoms with Crippen LogP contribution in [0.1, 0.15) is 68.2 Å². The second kappa shape index (κ2) is 7.42. The highest BCUT2D eigenvalue weighted by Crippen LogP contribution is 2.40. The fourth-order valence-electron chi connectivity index (χ4n) is 4.04. The summed E-state index contributed by atoms with van der Waals surface area (Å²) in [6.07, 6.45) is 7.58. The maximum absolute atomic E-state index is 6.38. The summed E-state index contributed by atoms with van der Waals surface area (Å²) in [6.45, 7) is 7.29. The first kappa shape index (κ1) is 16.5. The van der Waals surface area contributed by atoms with Crippen molar-refractivity contribution in [2.24, 2.45) is 0 Å². The summed E-state index contributed by atoms with van der Waals surface area (Å²) >= 11 is 0. The highest BCUT2D eigenvalue weighted by Gasteiger charge is 2.40. The van der Waals surface area contributed by atoms with Gasteiger partial charge >= 0.3 is 0 Å². The van der Waals surface area contributed by atoms with Crippen molar-refractivity contribution in [1.82, 2.24) is 5.32 Å². The molecule has 1 fully saturated rings. The molecule has 0 aromatic heterocycles. The van der Waals surface area contributed by atoms with Crippen LogP contribution in [0.5, 0.6) is 0 Å². The lowest BCUT2D eigenvalue weighted by Gasteiger charge is -2.40. The largest absolute Gasteiger partial charge is 0.373 e. The molecule has 118 valence electrons. The molecule has 0 bridgehead atoms. The van der Waals surface area contributed by atoms with Crippen LogP contribution in [-0.2, 0) is 4.74 Å². The molecule has 2 heteroatoms. The van der Waals surface area contributed by atoms with E-state index in [1.54, 1.807) is 0 Å². The molecule has 21 heavy (non-hydrogen) atoms. The number of nitrogens with one attached hydrogen (secondary N) is 1. The molecule has 1 aromatic carbocycles. The van der Waals surface area contributed by atoms with Gasteiger partial charge in [0.05, 0.1) is 11.6 Å². The van der Waals surface area contributed by atoms with Gasteiger partial charge in [0.25, 0.3) is 0 Å². The molecule has 0 radical (unpaired) electrons. The number of hydrogen-bond donors (Lipinski definition) is 1. The van der Waals surface area contributed by atoms with Gasteiger partial charge in [0.15, 0.2) is 0 Å². The van der Waals surface area contributed by atoms with Crippen LogP contribution in [-0.4, -0.2) is 19.3 Å². The second-order valence-corrected chi connectivity index (χ2v) is 6.55. The van der Waals surface area contributed by atoms with Gasteiger partial charge in [-0.1, -0.05) is 55.0 Å². The van der Waals surface area contributed by atoms with E-state index < -0.39 is 0 Å². The zero-order valence-corrected chi connectivity index (χ0v) is 14.2. The first-order valence-electron chi connectivity index (χ1n) is 8.51. The van der Waals surface area contributed by atoms with Crippen molar-refractivity contribution in [2.75, 3.05) is 13.7 Å². The van der Waals surface area contributed by atoms with Crippen molar-refractivity contribution >= 4 is 0 Å². The molecule has 0 heterocycles. The molecule has 1 aliphatic carbocycles. The first-order valence-corrected chi connectivity index (χ1v) is 8.51. The van der Waals surface area contributed by atoms with E-state index in [1.165, 1.54) is 55.2 Å². The van der Waals surface area contributed by atoms with E-state index in [2.05, 4.69) is 51.3 Å². The average Bonchev–Trinajstić information content (AvgIpc) is 2.65. The Bertz CT molecular complexity index is 427. The fraction of sp³-hybridized carbons (Fsp3) is 0.684. The maximum atomic E-state index is 6.38. The van der Waals surface area contributed by atoms with E-state index in [0.717, 1.165) is 6.61 Å². The van der Waals surface area contributed by atoms with E-state index >= 15 is 0 Å². The Labute approximate surface area is 130 Å². The summed E-state index contributed by atoms with van der Waals surface area (Å²) in [7, 11) is 2.08. The summed E-state index contributed by atoms with van der Waals surface area (Å²) in [5, 5.41) is 3.57. The zero-order valence-electron chi connectivity index (χ0n) is 14.2. The zero-order chi connectivity index (χ0) is 15.3. The molecule has 0 amide bonds. The van der Waals surface area contributed by atoms with Gasteiger partial charge in [0.2, 0.25) is 0 Å². The summed E-state index contributed by atoms with van der Waals surface area (Å²) in [4.78, 5) is 0. The molecule has 1 N–H and O–H groups in total. The highest BCUT2D eigenvalue weighted by atomic mass is 16.5. The summed E-state index contributed by atoms with van der Waals surface area (Å²) in [6, 6.07) is 7.17. The number of hydrogen-bond acceptors (Lipinski definition) is 2. The Morgan fingerprint density at radius 2 is 1.62 bits per heavy atom. The summed E-state index contributed by atoms with van der Waals surface area (Å²) < 4.78 is 6.38. The van der Waals surface area contributed by atoms with Crippen LogP contribution in [0.25, 0.3) is 0 Å². The molecule has 0 aliphatic heterocycles. The number of rotatable bonds is 5. The maximum Gasteiger partial charge on any atom is 0.0876 e. The van der Waals surface area contributed by atoms with Crippen molar-refractivity contribution < 1.29 is 4.74 Å². The minimum absolute atomic E-state index is 0.0414. The van der Waals surface area contributed by atoms with Gasteiger partial charge in [-0.2, -0.15) is 0 Å². The predicted octanol–water partition coefficient (Wildman–Crippen LogP) is 4.69. The molecule has 0 spiro atoms. The molecular weight excluding hydrogens is 258 g/mol. The minimum atomic E-state index is -0.0414. The van der Waals surface area contributed by atoms with Crippen LogP contribution in [0.4, 0.5) is 0 Å². The third kappa shape index (κ3) is 3.87. The monoisotopic (exact) mass is 289 g/mol. The van der Waals surface area contributed by atoms with E-state index in [-0.39, 0.29) is 11.6 Å². The van der Waals surface area contributed by atoms with Crippen LogP contribution < -0.4 is 5.32 Å². The van der Waals surface area contributed by atoms with Crippen molar-refractivity contribution in [3.05, 3.63) is 34.9 Å². The molecule has 2 nitrogen and oxygen atoms in total. The second-order valence-electron chi connectivity index (χ2n) is 6.55. The third-order valence-electron chi connectivity index (χ3n) is 4.77. The fourth-order valence-corrected chi connectivity index (χ4v) is 4.04. The van der Waals surface area contributed by atoms with Crippen molar-refractivity contribution in [2.45, 2.75) is 70.9 Å². The van der Waals surface area contributed by atoms with E-state index in [1.807, 2.05) is 0 Å². The molecule has 1 aliphatic rings. The number of likely N-dealkylation sites (N-methyl/N-ethyl adjacent to an activating group) is 1. The smallest absolute Gasteiger partial charge is 0.0876 e. The van der Waals surface area contributed by atoms with Gasteiger partial charge < -0.3 is 10.1 Å². The Morgan fingerprint density at radius 1 is 1.05 bits per heavy atom. The van der Waals surface area contributed by atoms with E-state index in [0.29, 0.717) is 0 Å². The summed E-state index contributed by atoms with van der Waals surface area (Å²) in [5.41, 5.74) is 4.02. The lowest BCUT2D eigenvalue weighted by atomic mass is 9.81. The van der Waals surface area contributed by atoms with E-state index in [4.69, 9.17) is 4.74 Å². The van der Waals surface area contributed by atoms with Crippen LogP contribution in [0.15, 0.2) is 18.2 Å². The van der Waals surface area contributed by atoms with Gasteiger partial charge in [0, 0.05) is 6.61 Å². The summed E-state index contributed by atoms with van der Waals surface area (Å²) in [5.74, 6) is 0. The van der Waals surface area contributed by atoms with Crippen LogP contribution in [0, 0.1) is 13.8 Å². The van der Waals surface area contributed by atoms with Gasteiger partial charge in [-0.3, -0.25) is 0 Å². The normalized spacial score (nSPS) is 20.0. The molecule has 0 saturated heterocycles. The number of aryl methyl sites for hydroxylation is 2. The Balaban J connectivity index is 2.38. The highest BCUT2D eigenvalue weighted by molar-refractivity contribution is 5.32. The molecule has 1 aromatic rings. The van der Waals surface area contributed by atoms with Gasteiger partial charge in [-0.25, -0.2) is 0 Å². The van der Waals surface area contributed by atoms with Crippen LogP contribution >= 0.6 is 0 Å². The first-order chi connectivity index (χ1) is 10.1. The van der Waals surface area contributed by atoms with Crippen molar-refractivity contribution in [3.8, 4) is 0 Å². The lowest BCUT2D eigenvalue weighted by molar-refractivity contribution is -0.0767. The van der Waals surface area contributed by atoms with Crippen LogP contribution in [0.2, 0.25) is 0 Å². The minimum Gasteiger partial charge on any atom is -0.373 e. The van der Waals surface area contributed by atoms with E-state index in [9.17, 15) is 0 Å². The topological polar surface area (TPSA) is 21.3 Å². The van der Waals surface area contributed by atoms with Gasteiger partial charge in [-0.15, -0.1) is 0 Å². The molecule has 2 rings (SSSR count). The SMILES string of the molecule is CCOC1(C(NC)c2cc(C)cc(C)c2)CCCCCC1. The Kier molecular flexibility index (Phi) is 5.83. The predicted molar refractivity (Wildman–Crippen MR) is 89.8 cm³/mol. The quantitative estimate of drug-likeness (QED) is 0.794. The number of ether oxygens (including phenoxy) is 1. The molecular formula is C19H31NO. The lowest BCUT2D eigenvalue weighted by Crippen LogP contribution is -2.45. The Morgan fingerprint density at radius 3 is 2.10 bits per heavy atom. The Hall–Kier alpha value is -0.860. The number of benzene rings is 1. The standard InChI is InChI=1S/C19H31NO/c1-5-21-19(10-8-6-7-9-11-19)18(20-4)17-13-15(2)12-16(3)14-17/h12-14,18,20H,5-11H2,1-4H3. The average molecular weight is 289 g/mol. The molecule has 1 saturated carbocycles. The van der Waals surface area contributed by atoms with Gasteiger partial charge in [0.1, 0.15) is 0 Å². The third-order valence-corrected chi connectivity index (χ3v) is 4.77.